The summed E-state index contributed by atoms with van der Waals surface area (Å²) in [5, 5.41) is 8.08. The fourth-order valence-corrected chi connectivity index (χ4v) is 3.03. The molecule has 0 bridgehead atoms. The maximum absolute atomic E-state index is 12.7. The van der Waals surface area contributed by atoms with E-state index in [2.05, 4.69) is 31.9 Å². The lowest BCUT2D eigenvalue weighted by atomic mass is 10.2. The highest BCUT2D eigenvalue weighted by Crippen LogP contribution is 2.29. The fraction of sp³-hybridized carbons (Fsp3) is 0.364. The number of anilines is 2. The molecule has 2 aromatic rings. The molecule has 0 fully saturated rings. The van der Waals surface area contributed by atoms with Gasteiger partial charge in [-0.05, 0) is 69.0 Å². The number of carbonyl (C=O) groups excluding carboxylic acids is 2. The maximum atomic E-state index is 12.7. The molecule has 4 amide bonds. The van der Waals surface area contributed by atoms with E-state index >= 15 is 0 Å². The van der Waals surface area contributed by atoms with E-state index < -0.39 is 17.8 Å². The molecule has 0 atom stereocenters. The predicted octanol–water partition coefficient (Wildman–Crippen LogP) is 5.08. The molecule has 3 N–H and O–H groups in total. The number of rotatable bonds is 9. The van der Waals surface area contributed by atoms with E-state index in [0.717, 1.165) is 16.6 Å². The number of hydrogen-bond donors (Lipinski definition) is 3. The standard InChI is InChI=1S/C22H27BrF3N5O2/c1-30(2)14-15-31(21(33)29-19-8-4-16(5-9-19)22(24,25)26)13-3-12-27-20(32)28-18-10-6-17(23)7-11-18/h4-11H,3,12-15H2,1-2H3,(H,29,33)(H2,27,28,32). The number of hydrogen-bond acceptors (Lipinski definition) is 3. The summed E-state index contributed by atoms with van der Waals surface area (Å²) >= 11 is 3.33. The fourth-order valence-electron chi connectivity index (χ4n) is 2.76. The van der Waals surface area contributed by atoms with Crippen LogP contribution in [0.5, 0.6) is 0 Å². The number of nitrogens with one attached hydrogen (secondary N) is 3. The smallest absolute Gasteiger partial charge is 0.338 e. The Labute approximate surface area is 199 Å². The molecule has 0 unspecified atom stereocenters. The predicted molar refractivity (Wildman–Crippen MR) is 126 cm³/mol. The molecule has 0 aliphatic heterocycles. The molecule has 0 aromatic heterocycles. The van der Waals surface area contributed by atoms with Gasteiger partial charge in [0.05, 0.1) is 5.56 Å². The summed E-state index contributed by atoms with van der Waals surface area (Å²) in [6.07, 6.45) is -3.93. The number of carbonyl (C=O) groups is 2. The topological polar surface area (TPSA) is 76.7 Å². The van der Waals surface area contributed by atoms with Gasteiger partial charge in [-0.15, -0.1) is 0 Å². The van der Waals surface area contributed by atoms with Gasteiger partial charge >= 0.3 is 18.2 Å². The Morgan fingerprint density at radius 2 is 1.45 bits per heavy atom. The van der Waals surface area contributed by atoms with Gasteiger partial charge in [-0.3, -0.25) is 0 Å². The molecule has 33 heavy (non-hydrogen) atoms. The van der Waals surface area contributed by atoms with Gasteiger partial charge < -0.3 is 25.8 Å². The molecule has 2 rings (SSSR count). The second-order valence-electron chi connectivity index (χ2n) is 7.54. The first kappa shape index (κ1) is 26.5. The first-order chi connectivity index (χ1) is 15.5. The summed E-state index contributed by atoms with van der Waals surface area (Å²) in [7, 11) is 3.75. The number of halogens is 4. The van der Waals surface area contributed by atoms with Crippen LogP contribution in [0.15, 0.2) is 53.0 Å². The highest BCUT2D eigenvalue weighted by molar-refractivity contribution is 9.10. The zero-order valence-electron chi connectivity index (χ0n) is 18.4. The van der Waals surface area contributed by atoms with Crippen LogP contribution >= 0.6 is 15.9 Å². The molecule has 0 saturated heterocycles. The van der Waals surface area contributed by atoms with E-state index in [1.54, 1.807) is 17.0 Å². The second-order valence-corrected chi connectivity index (χ2v) is 8.45. The van der Waals surface area contributed by atoms with Gasteiger partial charge in [0.25, 0.3) is 0 Å². The quantitative estimate of drug-likeness (QED) is 0.396. The van der Waals surface area contributed by atoms with Crippen molar-refractivity contribution >= 4 is 39.4 Å². The van der Waals surface area contributed by atoms with Crippen molar-refractivity contribution in [1.82, 2.24) is 15.1 Å². The summed E-state index contributed by atoms with van der Waals surface area (Å²) in [6.45, 7) is 1.73. The summed E-state index contributed by atoms with van der Waals surface area (Å²) in [6, 6.07) is 10.7. The molecular formula is C22H27BrF3N5O2. The van der Waals surface area contributed by atoms with Crippen LogP contribution in [0.1, 0.15) is 12.0 Å². The van der Waals surface area contributed by atoms with Crippen molar-refractivity contribution in [3.63, 3.8) is 0 Å². The Hall–Kier alpha value is -2.79. The van der Waals surface area contributed by atoms with E-state index in [0.29, 0.717) is 38.3 Å². The van der Waals surface area contributed by atoms with Crippen molar-refractivity contribution in [2.24, 2.45) is 0 Å². The highest BCUT2D eigenvalue weighted by atomic mass is 79.9. The second kappa shape index (κ2) is 12.4. The van der Waals surface area contributed by atoms with Gasteiger partial charge in [0.2, 0.25) is 0 Å². The Morgan fingerprint density at radius 3 is 2.03 bits per heavy atom. The van der Waals surface area contributed by atoms with Gasteiger partial charge in [0.15, 0.2) is 0 Å². The molecule has 0 saturated carbocycles. The van der Waals surface area contributed by atoms with E-state index in [1.807, 2.05) is 31.1 Å². The van der Waals surface area contributed by atoms with Crippen molar-refractivity contribution in [3.05, 3.63) is 58.6 Å². The average molecular weight is 530 g/mol. The summed E-state index contributed by atoms with van der Waals surface area (Å²) in [5.74, 6) is 0. The summed E-state index contributed by atoms with van der Waals surface area (Å²) < 4.78 is 39.1. The van der Waals surface area contributed by atoms with Gasteiger partial charge in [-0.2, -0.15) is 13.2 Å². The van der Waals surface area contributed by atoms with E-state index in [9.17, 15) is 22.8 Å². The lowest BCUT2D eigenvalue weighted by Crippen LogP contribution is -2.41. The van der Waals surface area contributed by atoms with E-state index in [-0.39, 0.29) is 11.7 Å². The monoisotopic (exact) mass is 529 g/mol. The van der Waals surface area contributed by atoms with E-state index in [1.165, 1.54) is 12.1 Å². The van der Waals surface area contributed by atoms with Gasteiger partial charge in [0, 0.05) is 42.0 Å². The average Bonchev–Trinajstić information content (AvgIpc) is 2.74. The number of nitrogens with zero attached hydrogens (tertiary/aromatic N) is 2. The first-order valence-electron chi connectivity index (χ1n) is 10.2. The largest absolute Gasteiger partial charge is 0.416 e. The third-order valence-electron chi connectivity index (χ3n) is 4.56. The van der Waals surface area contributed by atoms with Crippen molar-refractivity contribution in [2.45, 2.75) is 12.6 Å². The van der Waals surface area contributed by atoms with Gasteiger partial charge in [-0.1, -0.05) is 15.9 Å². The van der Waals surface area contributed by atoms with Crippen LogP contribution in [-0.2, 0) is 6.18 Å². The zero-order valence-corrected chi connectivity index (χ0v) is 20.0. The third kappa shape index (κ3) is 9.70. The third-order valence-corrected chi connectivity index (χ3v) is 5.09. The number of amides is 4. The molecule has 7 nitrogen and oxygen atoms in total. The minimum atomic E-state index is -4.43. The number of benzene rings is 2. The molecule has 180 valence electrons. The molecule has 0 heterocycles. The highest BCUT2D eigenvalue weighted by Gasteiger charge is 2.30. The van der Waals surface area contributed by atoms with Gasteiger partial charge in [0.1, 0.15) is 0 Å². The Bertz CT molecular complexity index is 906. The Morgan fingerprint density at radius 1 is 0.879 bits per heavy atom. The molecular weight excluding hydrogens is 503 g/mol. The van der Waals surface area contributed by atoms with Crippen molar-refractivity contribution in [1.29, 1.82) is 0 Å². The van der Waals surface area contributed by atoms with Crippen LogP contribution in [0.4, 0.5) is 34.1 Å². The number of urea groups is 2. The number of alkyl halides is 3. The molecule has 0 spiro atoms. The van der Waals surface area contributed by atoms with Crippen molar-refractivity contribution < 1.29 is 22.8 Å². The SMILES string of the molecule is CN(C)CCN(CCCNC(=O)Nc1ccc(Br)cc1)C(=O)Nc1ccc(C(F)(F)F)cc1. The first-order valence-corrected chi connectivity index (χ1v) is 11.0. The van der Waals surface area contributed by atoms with Crippen LogP contribution in [0.3, 0.4) is 0 Å². The molecule has 0 aliphatic rings. The maximum Gasteiger partial charge on any atom is 0.416 e. The van der Waals surface area contributed by atoms with Crippen LogP contribution in [0.2, 0.25) is 0 Å². The summed E-state index contributed by atoms with van der Waals surface area (Å²) in [5.41, 5.74) is 0.145. The Balaban J connectivity index is 1.85. The minimum absolute atomic E-state index is 0.273. The lowest BCUT2D eigenvalue weighted by molar-refractivity contribution is -0.137. The number of likely N-dealkylation sites (N-methyl/N-ethyl adjacent to an activating group) is 1. The normalized spacial score (nSPS) is 11.2. The van der Waals surface area contributed by atoms with Crippen LogP contribution < -0.4 is 16.0 Å². The van der Waals surface area contributed by atoms with Crippen LogP contribution in [0.25, 0.3) is 0 Å². The van der Waals surface area contributed by atoms with Crippen molar-refractivity contribution in [2.75, 3.05) is 50.9 Å². The Kier molecular flexibility index (Phi) is 9.98. The van der Waals surface area contributed by atoms with E-state index in [4.69, 9.17) is 0 Å². The van der Waals surface area contributed by atoms with Crippen LogP contribution in [0, 0.1) is 0 Å². The van der Waals surface area contributed by atoms with Crippen molar-refractivity contribution in [3.8, 4) is 0 Å². The molecule has 2 aromatic carbocycles. The molecule has 11 heteroatoms. The summed E-state index contributed by atoms with van der Waals surface area (Å²) in [4.78, 5) is 28.2. The van der Waals surface area contributed by atoms with Crippen LogP contribution in [-0.4, -0.2) is 62.1 Å². The molecule has 0 aliphatic carbocycles. The minimum Gasteiger partial charge on any atom is -0.338 e. The zero-order chi connectivity index (χ0) is 24.4. The molecule has 0 radical (unpaired) electrons. The van der Waals surface area contributed by atoms with Gasteiger partial charge in [-0.25, -0.2) is 9.59 Å². The lowest BCUT2D eigenvalue weighted by Gasteiger charge is -2.25.